The maximum atomic E-state index is 12.7. The van der Waals surface area contributed by atoms with Crippen molar-refractivity contribution < 1.29 is 9.59 Å². The van der Waals surface area contributed by atoms with Crippen LogP contribution in [0.5, 0.6) is 0 Å². The minimum Gasteiger partial charge on any atom is -0.349 e. The van der Waals surface area contributed by atoms with Gasteiger partial charge in [-0.1, -0.05) is 30.3 Å². The maximum absolute atomic E-state index is 12.7. The molecule has 0 bridgehead atoms. The number of aromatic nitrogens is 2. The van der Waals surface area contributed by atoms with Crippen LogP contribution in [0, 0.1) is 13.8 Å². The number of carbonyl (C=O) groups is 2. The van der Waals surface area contributed by atoms with Crippen molar-refractivity contribution in [2.24, 2.45) is 0 Å². The molecule has 1 saturated carbocycles. The number of hydrogen-bond donors (Lipinski definition) is 2. The van der Waals surface area contributed by atoms with Crippen molar-refractivity contribution in [2.75, 3.05) is 18.9 Å². The van der Waals surface area contributed by atoms with Gasteiger partial charge < -0.3 is 10.6 Å². The van der Waals surface area contributed by atoms with Gasteiger partial charge in [-0.25, -0.2) is 4.68 Å². The zero-order chi connectivity index (χ0) is 22.7. The lowest BCUT2D eigenvalue weighted by Gasteiger charge is -2.17. The summed E-state index contributed by atoms with van der Waals surface area (Å²) in [6.07, 6.45) is 2.14. The average Bonchev–Trinajstić information content (AvgIpc) is 3.55. The number of likely N-dealkylation sites (N-methyl/N-ethyl adjacent to an activating group) is 1. The summed E-state index contributed by atoms with van der Waals surface area (Å²) in [5.74, 6) is -0.111. The Morgan fingerprint density at radius 2 is 1.75 bits per heavy atom. The Morgan fingerprint density at radius 1 is 1.06 bits per heavy atom. The van der Waals surface area contributed by atoms with E-state index in [-0.39, 0.29) is 18.4 Å². The summed E-state index contributed by atoms with van der Waals surface area (Å²) in [5, 5.41) is 10.6. The molecule has 0 spiro atoms. The fourth-order valence-electron chi connectivity index (χ4n) is 3.69. The van der Waals surface area contributed by atoms with Crippen LogP contribution < -0.4 is 10.6 Å². The number of nitrogens with zero attached hydrogens (tertiary/aromatic N) is 3. The monoisotopic (exact) mass is 431 g/mol. The van der Waals surface area contributed by atoms with E-state index in [0.717, 1.165) is 41.2 Å². The number of benzene rings is 2. The molecule has 3 aromatic rings. The van der Waals surface area contributed by atoms with E-state index in [1.807, 2.05) is 85.1 Å². The van der Waals surface area contributed by atoms with Gasteiger partial charge in [0.2, 0.25) is 5.91 Å². The Labute approximate surface area is 188 Å². The molecule has 166 valence electrons. The maximum Gasteiger partial charge on any atom is 0.251 e. The molecule has 0 atom stereocenters. The van der Waals surface area contributed by atoms with Crippen LogP contribution in [-0.4, -0.2) is 46.1 Å². The molecule has 2 aromatic carbocycles. The van der Waals surface area contributed by atoms with Crippen molar-refractivity contribution in [3.63, 3.8) is 0 Å². The van der Waals surface area contributed by atoms with Crippen molar-refractivity contribution in [1.82, 2.24) is 20.0 Å². The summed E-state index contributed by atoms with van der Waals surface area (Å²) in [6.45, 7) is 4.71. The Kier molecular flexibility index (Phi) is 6.37. The fourth-order valence-corrected chi connectivity index (χ4v) is 3.69. The summed E-state index contributed by atoms with van der Waals surface area (Å²) in [7, 11) is 1.90. The molecule has 7 heteroatoms. The van der Waals surface area contributed by atoms with Gasteiger partial charge in [0.25, 0.3) is 5.91 Å². The van der Waals surface area contributed by atoms with E-state index < -0.39 is 0 Å². The summed E-state index contributed by atoms with van der Waals surface area (Å²) < 4.78 is 1.84. The van der Waals surface area contributed by atoms with Crippen LogP contribution in [0.25, 0.3) is 5.69 Å². The van der Waals surface area contributed by atoms with Gasteiger partial charge in [0.15, 0.2) is 0 Å². The number of rotatable bonds is 8. The fraction of sp³-hybridized carbons (Fsp3) is 0.320. The highest BCUT2D eigenvalue weighted by atomic mass is 16.2. The van der Waals surface area contributed by atoms with Crippen LogP contribution >= 0.6 is 0 Å². The van der Waals surface area contributed by atoms with Gasteiger partial charge in [0.05, 0.1) is 29.3 Å². The smallest absolute Gasteiger partial charge is 0.251 e. The minimum atomic E-state index is -0.0910. The van der Waals surface area contributed by atoms with E-state index in [9.17, 15) is 9.59 Å². The van der Waals surface area contributed by atoms with Crippen LogP contribution in [0.4, 0.5) is 5.69 Å². The molecule has 1 aliphatic carbocycles. The highest BCUT2D eigenvalue weighted by Crippen LogP contribution is 2.23. The van der Waals surface area contributed by atoms with Crippen LogP contribution in [0.15, 0.2) is 54.6 Å². The lowest BCUT2D eigenvalue weighted by molar-refractivity contribution is -0.117. The molecule has 0 unspecified atom stereocenters. The van der Waals surface area contributed by atoms with Gasteiger partial charge >= 0.3 is 0 Å². The standard InChI is InChI=1S/C25H29N5O2/c1-17-24(18(2)30(28-17)22-7-5-4-6-8-22)27-23(31)16-29(3)15-19-9-11-20(12-10-19)25(32)26-21-13-14-21/h4-12,21H,13-16H2,1-3H3,(H,26,32)(H,27,31). The summed E-state index contributed by atoms with van der Waals surface area (Å²) >= 11 is 0. The predicted octanol–water partition coefficient (Wildman–Crippen LogP) is 3.45. The third-order valence-corrected chi connectivity index (χ3v) is 5.55. The van der Waals surface area contributed by atoms with Gasteiger partial charge in [-0.15, -0.1) is 0 Å². The highest BCUT2D eigenvalue weighted by molar-refractivity contribution is 5.94. The topological polar surface area (TPSA) is 79.3 Å². The largest absolute Gasteiger partial charge is 0.349 e. The summed E-state index contributed by atoms with van der Waals surface area (Å²) in [4.78, 5) is 26.7. The molecular weight excluding hydrogens is 402 g/mol. The molecule has 32 heavy (non-hydrogen) atoms. The first-order valence-corrected chi connectivity index (χ1v) is 10.9. The van der Waals surface area contributed by atoms with Crippen molar-refractivity contribution in [2.45, 2.75) is 39.3 Å². The Balaban J connectivity index is 1.33. The van der Waals surface area contributed by atoms with Gasteiger partial charge in [-0.3, -0.25) is 14.5 Å². The number of para-hydroxylation sites is 1. The summed E-state index contributed by atoms with van der Waals surface area (Å²) in [6, 6.07) is 17.8. The van der Waals surface area contributed by atoms with Gasteiger partial charge in [0, 0.05) is 18.2 Å². The Hall–Kier alpha value is -3.45. The molecule has 7 nitrogen and oxygen atoms in total. The number of aryl methyl sites for hydroxylation is 1. The lowest BCUT2D eigenvalue weighted by Crippen LogP contribution is -2.30. The second-order valence-corrected chi connectivity index (χ2v) is 8.46. The average molecular weight is 432 g/mol. The molecule has 1 aromatic heterocycles. The normalized spacial score (nSPS) is 13.2. The number of carbonyl (C=O) groups excluding carboxylic acids is 2. The lowest BCUT2D eigenvalue weighted by atomic mass is 10.1. The number of nitrogens with one attached hydrogen (secondary N) is 2. The first kappa shape index (κ1) is 21.8. The Morgan fingerprint density at radius 3 is 2.41 bits per heavy atom. The summed E-state index contributed by atoms with van der Waals surface area (Å²) in [5.41, 5.74) is 5.10. The Bertz CT molecular complexity index is 1100. The van der Waals surface area contributed by atoms with Crippen molar-refractivity contribution in [3.05, 3.63) is 77.1 Å². The second kappa shape index (κ2) is 9.36. The van der Waals surface area contributed by atoms with E-state index in [4.69, 9.17) is 0 Å². The van der Waals surface area contributed by atoms with E-state index in [2.05, 4.69) is 15.7 Å². The van der Waals surface area contributed by atoms with Gasteiger partial charge in [-0.2, -0.15) is 5.10 Å². The molecule has 1 aliphatic rings. The molecule has 0 saturated heterocycles. The molecule has 2 amide bonds. The third-order valence-electron chi connectivity index (χ3n) is 5.55. The molecule has 0 radical (unpaired) electrons. The molecule has 1 fully saturated rings. The molecule has 2 N–H and O–H groups in total. The quantitative estimate of drug-likeness (QED) is 0.573. The van der Waals surface area contributed by atoms with Crippen LogP contribution in [0.3, 0.4) is 0 Å². The molecular formula is C25H29N5O2. The number of anilines is 1. The highest BCUT2D eigenvalue weighted by Gasteiger charge is 2.23. The molecule has 0 aliphatic heterocycles. The van der Waals surface area contributed by atoms with Gasteiger partial charge in [-0.05, 0) is 63.6 Å². The first-order valence-electron chi connectivity index (χ1n) is 10.9. The van der Waals surface area contributed by atoms with Crippen LogP contribution in [-0.2, 0) is 11.3 Å². The van der Waals surface area contributed by atoms with Crippen LogP contribution in [0.2, 0.25) is 0 Å². The molecule has 4 rings (SSSR count). The zero-order valence-electron chi connectivity index (χ0n) is 18.8. The molecule has 1 heterocycles. The third kappa shape index (κ3) is 5.23. The zero-order valence-corrected chi connectivity index (χ0v) is 18.8. The first-order chi connectivity index (χ1) is 15.4. The van der Waals surface area contributed by atoms with Crippen molar-refractivity contribution in [1.29, 1.82) is 0 Å². The van der Waals surface area contributed by atoms with E-state index in [0.29, 0.717) is 18.2 Å². The number of amides is 2. The predicted molar refractivity (Wildman–Crippen MR) is 125 cm³/mol. The number of hydrogen-bond acceptors (Lipinski definition) is 4. The van der Waals surface area contributed by atoms with Crippen molar-refractivity contribution in [3.8, 4) is 5.69 Å². The van der Waals surface area contributed by atoms with E-state index >= 15 is 0 Å². The second-order valence-electron chi connectivity index (χ2n) is 8.46. The van der Waals surface area contributed by atoms with Gasteiger partial charge in [0.1, 0.15) is 0 Å². The minimum absolute atomic E-state index is 0.0198. The van der Waals surface area contributed by atoms with Crippen LogP contribution in [0.1, 0.15) is 40.2 Å². The van der Waals surface area contributed by atoms with E-state index in [1.165, 1.54) is 0 Å². The van der Waals surface area contributed by atoms with Crippen molar-refractivity contribution >= 4 is 17.5 Å². The SMILES string of the molecule is Cc1nn(-c2ccccc2)c(C)c1NC(=O)CN(C)Cc1ccc(C(=O)NC2CC2)cc1. The van der Waals surface area contributed by atoms with E-state index in [1.54, 1.807) is 0 Å².